The van der Waals surface area contributed by atoms with Crippen LogP contribution in [-0.2, 0) is 9.53 Å². The largest absolute Gasteiger partial charge is 0.449 e. The molecule has 1 aromatic heterocycles. The summed E-state index contributed by atoms with van der Waals surface area (Å²) in [6, 6.07) is 7.04. The lowest BCUT2D eigenvalue weighted by molar-refractivity contribution is -0.124. The Labute approximate surface area is 134 Å². The van der Waals surface area contributed by atoms with Crippen LogP contribution in [0.25, 0.3) is 0 Å². The topological polar surface area (TPSA) is 81.4 Å². The average molecular weight is 316 g/mol. The van der Waals surface area contributed by atoms with Gasteiger partial charge in [0.25, 0.3) is 5.91 Å². The van der Waals surface area contributed by atoms with Gasteiger partial charge in [-0.05, 0) is 38.8 Å². The Morgan fingerprint density at radius 1 is 1.26 bits per heavy atom. The van der Waals surface area contributed by atoms with Crippen LogP contribution in [0.2, 0.25) is 0 Å². The summed E-state index contributed by atoms with van der Waals surface area (Å²) in [5, 5.41) is 6.26. The number of anilines is 1. The number of benzene rings is 1. The second-order valence-corrected chi connectivity index (χ2v) is 5.43. The number of aryl methyl sites for hydroxylation is 3. The van der Waals surface area contributed by atoms with E-state index in [1.807, 2.05) is 26.0 Å². The molecule has 0 aliphatic heterocycles. The van der Waals surface area contributed by atoms with Gasteiger partial charge in [-0.15, -0.1) is 0 Å². The third-order valence-corrected chi connectivity index (χ3v) is 3.39. The number of esters is 1. The normalized spacial score (nSPS) is 11.8. The lowest BCUT2D eigenvalue weighted by Gasteiger charge is -2.16. The molecule has 1 atom stereocenters. The summed E-state index contributed by atoms with van der Waals surface area (Å²) in [7, 11) is 0. The smallest absolute Gasteiger partial charge is 0.339 e. The molecule has 0 saturated carbocycles. The minimum atomic E-state index is -0.889. The summed E-state index contributed by atoms with van der Waals surface area (Å²) in [4.78, 5) is 24.5. The van der Waals surface area contributed by atoms with Gasteiger partial charge in [0, 0.05) is 6.07 Å². The zero-order valence-electron chi connectivity index (χ0n) is 13.7. The highest BCUT2D eigenvalue weighted by Crippen LogP contribution is 2.15. The second-order valence-electron chi connectivity index (χ2n) is 5.43. The van der Waals surface area contributed by atoms with Gasteiger partial charge in [0.05, 0.1) is 5.56 Å². The Kier molecular flexibility index (Phi) is 5.16. The summed E-state index contributed by atoms with van der Waals surface area (Å²) in [6.07, 6.45) is -0.528. The molecular weight excluding hydrogens is 296 g/mol. The number of amides is 1. The molecule has 6 heteroatoms. The van der Waals surface area contributed by atoms with Crippen LogP contribution >= 0.6 is 0 Å². The highest BCUT2D eigenvalue weighted by atomic mass is 16.5. The molecule has 6 nitrogen and oxygen atoms in total. The van der Waals surface area contributed by atoms with E-state index in [0.717, 1.165) is 11.1 Å². The first-order valence-corrected chi connectivity index (χ1v) is 7.43. The number of carbonyl (C=O) groups excluding carboxylic acids is 2. The maximum atomic E-state index is 12.3. The Bertz CT molecular complexity index is 721. The van der Waals surface area contributed by atoms with Crippen molar-refractivity contribution in [1.29, 1.82) is 0 Å². The van der Waals surface area contributed by atoms with Crippen molar-refractivity contribution in [1.82, 2.24) is 5.16 Å². The molecule has 0 spiro atoms. The lowest BCUT2D eigenvalue weighted by atomic mass is 10.1. The first-order valence-electron chi connectivity index (χ1n) is 7.43. The number of aromatic nitrogens is 1. The van der Waals surface area contributed by atoms with Gasteiger partial charge < -0.3 is 14.6 Å². The Hall–Kier alpha value is -2.63. The fourth-order valence-electron chi connectivity index (χ4n) is 2.19. The van der Waals surface area contributed by atoms with Gasteiger partial charge in [0.2, 0.25) is 0 Å². The zero-order valence-corrected chi connectivity index (χ0v) is 13.7. The molecule has 0 aliphatic carbocycles. The zero-order chi connectivity index (χ0) is 17.0. The molecule has 0 saturated heterocycles. The fraction of sp³-hybridized carbons (Fsp3) is 0.353. The fourth-order valence-corrected chi connectivity index (χ4v) is 2.19. The number of nitrogens with zero attached hydrogens (tertiary/aromatic N) is 1. The predicted molar refractivity (Wildman–Crippen MR) is 85.3 cm³/mol. The maximum Gasteiger partial charge on any atom is 0.339 e. The number of hydrogen-bond acceptors (Lipinski definition) is 5. The van der Waals surface area contributed by atoms with Crippen molar-refractivity contribution in [3.63, 3.8) is 0 Å². The quantitative estimate of drug-likeness (QED) is 0.857. The molecule has 2 rings (SSSR count). The molecular formula is C17H20N2O4. The highest BCUT2D eigenvalue weighted by Gasteiger charge is 2.23. The molecule has 0 bridgehead atoms. The number of hydrogen-bond donors (Lipinski definition) is 1. The summed E-state index contributed by atoms with van der Waals surface area (Å²) in [6.45, 7) is 7.28. The van der Waals surface area contributed by atoms with E-state index >= 15 is 0 Å². The van der Waals surface area contributed by atoms with Gasteiger partial charge in [-0.1, -0.05) is 29.8 Å². The van der Waals surface area contributed by atoms with E-state index < -0.39 is 18.0 Å². The van der Waals surface area contributed by atoms with Crippen LogP contribution in [0.5, 0.6) is 0 Å². The van der Waals surface area contributed by atoms with E-state index in [1.54, 1.807) is 26.0 Å². The summed E-state index contributed by atoms with van der Waals surface area (Å²) < 4.78 is 10.2. The Morgan fingerprint density at radius 3 is 2.57 bits per heavy atom. The molecule has 1 N–H and O–H groups in total. The van der Waals surface area contributed by atoms with Crippen LogP contribution < -0.4 is 5.32 Å². The molecule has 2 aromatic rings. The van der Waals surface area contributed by atoms with E-state index in [-0.39, 0.29) is 0 Å². The summed E-state index contributed by atoms with van der Waals surface area (Å²) in [5.74, 6) is -0.0612. The van der Waals surface area contributed by atoms with Crippen molar-refractivity contribution in [2.45, 2.75) is 40.2 Å². The second kappa shape index (κ2) is 7.09. The van der Waals surface area contributed by atoms with E-state index in [4.69, 9.17) is 9.26 Å². The molecule has 1 heterocycles. The molecule has 23 heavy (non-hydrogen) atoms. The third-order valence-electron chi connectivity index (χ3n) is 3.39. The van der Waals surface area contributed by atoms with Gasteiger partial charge in [-0.25, -0.2) is 4.79 Å². The molecule has 0 radical (unpaired) electrons. The van der Waals surface area contributed by atoms with Crippen LogP contribution in [0.15, 0.2) is 28.8 Å². The number of nitrogens with one attached hydrogen (secondary N) is 1. The lowest BCUT2D eigenvalue weighted by Crippen LogP contribution is -2.32. The number of ether oxygens (including phenoxy) is 1. The van der Waals surface area contributed by atoms with Crippen LogP contribution in [0.3, 0.4) is 0 Å². The number of carbonyl (C=O) groups is 2. The van der Waals surface area contributed by atoms with Crippen molar-refractivity contribution in [2.75, 3.05) is 5.32 Å². The van der Waals surface area contributed by atoms with Crippen LogP contribution in [-0.4, -0.2) is 23.1 Å². The van der Waals surface area contributed by atoms with Gasteiger partial charge in [0.15, 0.2) is 11.9 Å². The van der Waals surface area contributed by atoms with Crippen molar-refractivity contribution < 1.29 is 18.8 Å². The molecule has 1 aromatic carbocycles. The van der Waals surface area contributed by atoms with Crippen molar-refractivity contribution in [2.24, 2.45) is 0 Å². The molecule has 122 valence electrons. The van der Waals surface area contributed by atoms with E-state index in [9.17, 15) is 9.59 Å². The first kappa shape index (κ1) is 16.7. The number of rotatable bonds is 5. The molecule has 1 amide bonds. The van der Waals surface area contributed by atoms with Crippen molar-refractivity contribution >= 4 is 17.7 Å². The van der Waals surface area contributed by atoms with Crippen molar-refractivity contribution in [3.05, 3.63) is 46.7 Å². The Balaban J connectivity index is 2.05. The molecule has 0 fully saturated rings. The summed E-state index contributed by atoms with van der Waals surface area (Å²) >= 11 is 0. The van der Waals surface area contributed by atoms with Crippen LogP contribution in [0.4, 0.5) is 5.82 Å². The standard InChI is InChI=1S/C17H20N2O4/c1-5-14(16(20)18-15-9-12(4)23-19-15)22-17(21)13-7-6-10(2)8-11(13)3/h6-9,14H,5H2,1-4H3,(H,18,19,20)/t14-/m1/s1. The van der Waals surface area contributed by atoms with E-state index in [2.05, 4.69) is 10.5 Å². The van der Waals surface area contributed by atoms with E-state index in [0.29, 0.717) is 23.6 Å². The van der Waals surface area contributed by atoms with Gasteiger partial charge >= 0.3 is 5.97 Å². The third kappa shape index (κ3) is 4.18. The molecule has 0 aliphatic rings. The minimum absolute atomic E-state index is 0.300. The van der Waals surface area contributed by atoms with E-state index in [1.165, 1.54) is 0 Å². The van der Waals surface area contributed by atoms with Crippen LogP contribution in [0, 0.1) is 20.8 Å². The molecule has 0 unspecified atom stereocenters. The highest BCUT2D eigenvalue weighted by molar-refractivity contribution is 5.97. The van der Waals surface area contributed by atoms with Gasteiger partial charge in [-0.2, -0.15) is 0 Å². The van der Waals surface area contributed by atoms with Crippen LogP contribution in [0.1, 0.15) is 40.6 Å². The SMILES string of the molecule is CC[C@@H](OC(=O)c1ccc(C)cc1C)C(=O)Nc1cc(C)on1. The minimum Gasteiger partial charge on any atom is -0.449 e. The van der Waals surface area contributed by atoms with Gasteiger partial charge in [0.1, 0.15) is 5.76 Å². The maximum absolute atomic E-state index is 12.3. The average Bonchev–Trinajstić information content (AvgIpc) is 2.89. The summed E-state index contributed by atoms with van der Waals surface area (Å²) in [5.41, 5.74) is 2.33. The predicted octanol–water partition coefficient (Wildman–Crippen LogP) is 3.17. The Morgan fingerprint density at radius 2 is 2.00 bits per heavy atom. The monoisotopic (exact) mass is 316 g/mol. The van der Waals surface area contributed by atoms with Crippen molar-refractivity contribution in [3.8, 4) is 0 Å². The van der Waals surface area contributed by atoms with Gasteiger partial charge in [-0.3, -0.25) is 4.79 Å². The first-order chi connectivity index (χ1) is 10.9.